The summed E-state index contributed by atoms with van der Waals surface area (Å²) in [4.78, 5) is 16.7. The Kier molecular flexibility index (Phi) is 3.43. The highest BCUT2D eigenvalue weighted by atomic mass is 16.1. The van der Waals surface area contributed by atoms with Gasteiger partial charge >= 0.3 is 0 Å². The zero-order valence-corrected chi connectivity index (χ0v) is 13.6. The lowest BCUT2D eigenvalue weighted by Gasteiger charge is -2.34. The van der Waals surface area contributed by atoms with Gasteiger partial charge in [0.15, 0.2) is 5.82 Å². The molecule has 23 heavy (non-hydrogen) atoms. The van der Waals surface area contributed by atoms with E-state index in [0.29, 0.717) is 5.82 Å². The zero-order valence-electron chi connectivity index (χ0n) is 13.6. The molecule has 5 heteroatoms. The lowest BCUT2D eigenvalue weighted by molar-refractivity contribution is -0.124. The van der Waals surface area contributed by atoms with Crippen LogP contribution in [0.4, 0.5) is 5.69 Å². The predicted molar refractivity (Wildman–Crippen MR) is 88.7 cm³/mol. The molecule has 0 saturated heterocycles. The van der Waals surface area contributed by atoms with Crippen LogP contribution in [0.3, 0.4) is 0 Å². The molecule has 0 unspecified atom stereocenters. The van der Waals surface area contributed by atoms with E-state index in [4.69, 9.17) is 0 Å². The maximum absolute atomic E-state index is 12.4. The normalized spacial score (nSPS) is 23.4. The molecule has 5 nitrogen and oxygen atoms in total. The first-order chi connectivity index (χ1) is 11.1. The molecule has 4 rings (SSSR count). The molecular weight excluding hydrogens is 288 g/mol. The van der Waals surface area contributed by atoms with Crippen LogP contribution in [0.15, 0.2) is 24.5 Å². The number of benzene rings is 1. The van der Waals surface area contributed by atoms with Gasteiger partial charge in [-0.15, -0.1) is 0 Å². The molecule has 2 aromatic rings. The number of hydrogen-bond donors (Lipinski definition) is 1. The van der Waals surface area contributed by atoms with E-state index < -0.39 is 0 Å². The summed E-state index contributed by atoms with van der Waals surface area (Å²) < 4.78 is 1.69. The van der Waals surface area contributed by atoms with E-state index in [1.165, 1.54) is 12.8 Å². The van der Waals surface area contributed by atoms with E-state index >= 15 is 0 Å². The fraction of sp³-hybridized carbons (Fsp3) is 0.500. The van der Waals surface area contributed by atoms with Crippen molar-refractivity contribution in [3.63, 3.8) is 0 Å². The van der Waals surface area contributed by atoms with Crippen molar-refractivity contribution < 1.29 is 4.79 Å². The second-order valence-corrected chi connectivity index (χ2v) is 7.03. The molecule has 0 spiro atoms. The number of aromatic nitrogens is 3. The van der Waals surface area contributed by atoms with E-state index in [-0.39, 0.29) is 11.8 Å². The first-order valence-corrected chi connectivity index (χ1v) is 8.37. The Morgan fingerprint density at radius 3 is 2.70 bits per heavy atom. The third-order valence-electron chi connectivity index (χ3n) is 5.18. The summed E-state index contributed by atoms with van der Waals surface area (Å²) in [5.74, 6) is 2.76. The molecule has 2 fully saturated rings. The Morgan fingerprint density at radius 2 is 2.04 bits per heavy atom. The van der Waals surface area contributed by atoms with Gasteiger partial charge in [-0.3, -0.25) is 9.48 Å². The van der Waals surface area contributed by atoms with Gasteiger partial charge in [0.25, 0.3) is 0 Å². The fourth-order valence-electron chi connectivity index (χ4n) is 3.48. The first-order valence-electron chi connectivity index (χ1n) is 8.37. The van der Waals surface area contributed by atoms with Crippen LogP contribution in [0.2, 0.25) is 0 Å². The van der Waals surface area contributed by atoms with Crippen LogP contribution in [0, 0.1) is 24.7 Å². The number of hydrogen-bond acceptors (Lipinski definition) is 3. The van der Waals surface area contributed by atoms with Crippen LogP contribution in [-0.2, 0) is 11.8 Å². The monoisotopic (exact) mass is 310 g/mol. The van der Waals surface area contributed by atoms with Crippen LogP contribution < -0.4 is 5.32 Å². The lowest BCUT2D eigenvalue weighted by Crippen LogP contribution is -2.35. The standard InChI is InChI=1S/C18H22N4O/c1-11-3-6-15(9-16(11)17-19-10-22(2)21-17)20-18(23)14-7-13(8-14)12-4-5-12/h3,6,9-10,12-14H,4-5,7-8H2,1-2H3,(H,20,23)/t13-,14-. The third-order valence-corrected chi connectivity index (χ3v) is 5.18. The zero-order chi connectivity index (χ0) is 16.0. The van der Waals surface area contributed by atoms with E-state index in [1.807, 2.05) is 32.2 Å². The summed E-state index contributed by atoms with van der Waals surface area (Å²) in [7, 11) is 1.85. The number of carbonyl (C=O) groups excluding carboxylic acids is 1. The number of carbonyl (C=O) groups is 1. The minimum atomic E-state index is 0.158. The number of amides is 1. The number of anilines is 1. The predicted octanol–water partition coefficient (Wildman–Crippen LogP) is 3.17. The minimum absolute atomic E-state index is 0.158. The van der Waals surface area contributed by atoms with Crippen molar-refractivity contribution in [3.8, 4) is 11.4 Å². The van der Waals surface area contributed by atoms with E-state index in [1.54, 1.807) is 11.0 Å². The second-order valence-electron chi connectivity index (χ2n) is 7.03. The molecule has 0 atom stereocenters. The van der Waals surface area contributed by atoms with E-state index in [9.17, 15) is 4.79 Å². The maximum Gasteiger partial charge on any atom is 0.227 e. The van der Waals surface area contributed by atoms with Crippen LogP contribution in [0.1, 0.15) is 31.2 Å². The van der Waals surface area contributed by atoms with Gasteiger partial charge in [-0.1, -0.05) is 6.07 Å². The lowest BCUT2D eigenvalue weighted by atomic mass is 9.72. The molecule has 120 valence electrons. The Bertz CT molecular complexity index is 741. The summed E-state index contributed by atoms with van der Waals surface area (Å²) in [5, 5.41) is 7.42. The Morgan fingerprint density at radius 1 is 1.26 bits per heavy atom. The average molecular weight is 310 g/mol. The molecule has 1 N–H and O–H groups in total. The smallest absolute Gasteiger partial charge is 0.227 e. The van der Waals surface area contributed by atoms with Gasteiger partial charge in [-0.2, -0.15) is 5.10 Å². The fourth-order valence-corrected chi connectivity index (χ4v) is 3.48. The highest BCUT2D eigenvalue weighted by molar-refractivity contribution is 5.93. The molecule has 0 aliphatic heterocycles. The Balaban J connectivity index is 1.45. The maximum atomic E-state index is 12.4. The average Bonchev–Trinajstić information content (AvgIpc) is 3.20. The van der Waals surface area contributed by atoms with Crippen molar-refractivity contribution in [1.82, 2.24) is 14.8 Å². The first kappa shape index (κ1) is 14.4. The Hall–Kier alpha value is -2.17. The molecule has 1 aromatic carbocycles. The van der Waals surface area contributed by atoms with Crippen molar-refractivity contribution in [2.24, 2.45) is 24.8 Å². The van der Waals surface area contributed by atoms with Gasteiger partial charge in [-0.25, -0.2) is 4.98 Å². The van der Waals surface area contributed by atoms with Gasteiger partial charge in [0.2, 0.25) is 5.91 Å². The molecule has 2 saturated carbocycles. The molecular formula is C18H22N4O. The number of rotatable bonds is 4. The van der Waals surface area contributed by atoms with Crippen LogP contribution in [-0.4, -0.2) is 20.7 Å². The second kappa shape index (κ2) is 5.48. The van der Waals surface area contributed by atoms with Gasteiger partial charge in [0.05, 0.1) is 0 Å². The van der Waals surface area contributed by atoms with Crippen molar-refractivity contribution in [2.45, 2.75) is 32.6 Å². The topological polar surface area (TPSA) is 59.8 Å². The highest BCUT2D eigenvalue weighted by Gasteiger charge is 2.42. The number of aryl methyl sites for hydroxylation is 2. The van der Waals surface area contributed by atoms with Crippen molar-refractivity contribution in [2.75, 3.05) is 5.32 Å². The number of nitrogens with zero attached hydrogens (tertiary/aromatic N) is 3. The van der Waals surface area contributed by atoms with Gasteiger partial charge < -0.3 is 5.32 Å². The molecule has 1 heterocycles. The number of nitrogens with one attached hydrogen (secondary N) is 1. The van der Waals surface area contributed by atoms with E-state index in [2.05, 4.69) is 15.4 Å². The molecule has 2 aliphatic rings. The molecule has 2 aliphatic carbocycles. The largest absolute Gasteiger partial charge is 0.326 e. The highest BCUT2D eigenvalue weighted by Crippen LogP contribution is 2.49. The Labute approximate surface area is 136 Å². The van der Waals surface area contributed by atoms with Gasteiger partial charge in [0.1, 0.15) is 6.33 Å². The summed E-state index contributed by atoms with van der Waals surface area (Å²) in [5.41, 5.74) is 2.90. The summed E-state index contributed by atoms with van der Waals surface area (Å²) in [6, 6.07) is 5.94. The van der Waals surface area contributed by atoms with Gasteiger partial charge in [0, 0.05) is 24.2 Å². The van der Waals surface area contributed by atoms with Crippen LogP contribution in [0.5, 0.6) is 0 Å². The molecule has 0 radical (unpaired) electrons. The molecule has 0 bridgehead atoms. The van der Waals surface area contributed by atoms with Crippen molar-refractivity contribution in [1.29, 1.82) is 0 Å². The quantitative estimate of drug-likeness (QED) is 0.943. The summed E-state index contributed by atoms with van der Waals surface area (Å²) in [6.45, 7) is 2.03. The van der Waals surface area contributed by atoms with Gasteiger partial charge in [-0.05, 0) is 62.1 Å². The summed E-state index contributed by atoms with van der Waals surface area (Å²) in [6.07, 6.45) is 6.56. The molecule has 1 amide bonds. The third kappa shape index (κ3) is 2.87. The molecule has 1 aromatic heterocycles. The summed E-state index contributed by atoms with van der Waals surface area (Å²) >= 11 is 0. The minimum Gasteiger partial charge on any atom is -0.326 e. The van der Waals surface area contributed by atoms with Crippen LogP contribution in [0.25, 0.3) is 11.4 Å². The van der Waals surface area contributed by atoms with Crippen molar-refractivity contribution >= 4 is 11.6 Å². The van der Waals surface area contributed by atoms with E-state index in [0.717, 1.165) is 41.5 Å². The van der Waals surface area contributed by atoms with Crippen molar-refractivity contribution in [3.05, 3.63) is 30.1 Å². The SMILES string of the molecule is Cc1ccc(NC(=O)[C@H]2C[C@H](C3CC3)C2)cc1-c1ncn(C)n1. The van der Waals surface area contributed by atoms with Crippen LogP contribution >= 0.6 is 0 Å².